The van der Waals surface area contributed by atoms with Gasteiger partial charge < -0.3 is 15.9 Å². The number of fused-ring (bicyclic) bond motifs is 1. The Bertz CT molecular complexity index is 1600. The molecule has 0 spiro atoms. The number of nitrogens with two attached hydrogens (primary N) is 1. The van der Waals surface area contributed by atoms with Gasteiger partial charge in [-0.05, 0) is 66.6 Å². The largest absolute Gasteiger partial charge is 0.396 e. The Kier molecular flexibility index (Phi) is 6.76. The third-order valence-electron chi connectivity index (χ3n) is 6.49. The van der Waals surface area contributed by atoms with E-state index in [1.165, 1.54) is 24.3 Å². The molecule has 0 saturated heterocycles. The van der Waals surface area contributed by atoms with E-state index in [-0.39, 0.29) is 10.7 Å². The van der Waals surface area contributed by atoms with Crippen molar-refractivity contribution in [1.82, 2.24) is 9.71 Å². The van der Waals surface area contributed by atoms with E-state index < -0.39 is 39.3 Å². The van der Waals surface area contributed by atoms with Crippen LogP contribution in [0.15, 0.2) is 54.7 Å². The van der Waals surface area contributed by atoms with E-state index in [1.54, 1.807) is 18.3 Å². The van der Waals surface area contributed by atoms with Crippen molar-refractivity contribution in [3.8, 4) is 11.3 Å². The second kappa shape index (κ2) is 9.61. The fourth-order valence-corrected chi connectivity index (χ4v) is 7.27. The maximum atomic E-state index is 14.1. The van der Waals surface area contributed by atoms with Gasteiger partial charge in [0.15, 0.2) is 0 Å². The summed E-state index contributed by atoms with van der Waals surface area (Å²) in [7, 11) is -3.65. The van der Waals surface area contributed by atoms with Crippen molar-refractivity contribution >= 4 is 48.7 Å². The van der Waals surface area contributed by atoms with Gasteiger partial charge in [0.1, 0.15) is 11.4 Å². The maximum Gasteiger partial charge on any atom is 0.215 e. The van der Waals surface area contributed by atoms with E-state index in [0.717, 1.165) is 21.7 Å². The Morgan fingerprint density at radius 1 is 1.27 bits per heavy atom. The van der Waals surface area contributed by atoms with Gasteiger partial charge in [-0.25, -0.2) is 17.5 Å². The molecule has 1 fully saturated rings. The number of rotatable bonds is 8. The van der Waals surface area contributed by atoms with Crippen molar-refractivity contribution in [1.29, 1.82) is 0 Å². The zero-order valence-corrected chi connectivity index (χ0v) is 22.2. The molecule has 1 saturated carbocycles. The third-order valence-corrected chi connectivity index (χ3v) is 9.98. The van der Waals surface area contributed by atoms with Gasteiger partial charge in [0.05, 0.1) is 29.3 Å². The van der Waals surface area contributed by atoms with E-state index in [0.29, 0.717) is 34.5 Å². The summed E-state index contributed by atoms with van der Waals surface area (Å²) < 4.78 is 43.6. The molecular weight excluding hydrogens is 537 g/mol. The van der Waals surface area contributed by atoms with Crippen LogP contribution in [0.25, 0.3) is 21.3 Å². The summed E-state index contributed by atoms with van der Waals surface area (Å²) in [6.07, 6.45) is 2.73. The van der Waals surface area contributed by atoms with Crippen molar-refractivity contribution < 1.29 is 23.0 Å². The maximum absolute atomic E-state index is 14.1. The fraction of sp³-hybridized carbons (Fsp3) is 0.269. The van der Waals surface area contributed by atoms with Gasteiger partial charge in [0.25, 0.3) is 0 Å². The second-order valence-electron chi connectivity index (χ2n) is 9.42. The number of halogens is 2. The van der Waals surface area contributed by atoms with Crippen LogP contribution in [0.1, 0.15) is 41.8 Å². The van der Waals surface area contributed by atoms with Crippen LogP contribution in [0.5, 0.6) is 0 Å². The van der Waals surface area contributed by atoms with Gasteiger partial charge in [-0.15, -0.1) is 11.3 Å². The van der Waals surface area contributed by atoms with Crippen molar-refractivity contribution in [2.45, 2.75) is 36.7 Å². The highest BCUT2D eigenvalue weighted by Gasteiger charge is 2.38. The molecule has 5 N–H and O–H groups in total. The zero-order valence-electron chi connectivity index (χ0n) is 19.8. The molecule has 2 aromatic carbocycles. The first-order valence-corrected chi connectivity index (χ1v) is 14.3. The SMILES string of the molecule is CC(O)(CO)c1ccnc(-c2cccc3cc(C(NS(=O)(=O)C4CC4)c4cc(N)c(F)cc4Cl)sc23)c1. The zero-order chi connectivity index (χ0) is 26.5. The van der Waals surface area contributed by atoms with Crippen LogP contribution in [0.4, 0.5) is 10.1 Å². The van der Waals surface area contributed by atoms with E-state index in [9.17, 15) is 23.0 Å². The predicted molar refractivity (Wildman–Crippen MR) is 144 cm³/mol. The molecule has 4 aromatic rings. The molecule has 2 unspecified atom stereocenters. The van der Waals surface area contributed by atoms with Gasteiger partial charge in [-0.3, -0.25) is 4.98 Å². The lowest BCUT2D eigenvalue weighted by atomic mass is 9.96. The number of hydrogen-bond donors (Lipinski definition) is 4. The van der Waals surface area contributed by atoms with E-state index in [4.69, 9.17) is 17.3 Å². The van der Waals surface area contributed by atoms with Crippen LogP contribution in [0.2, 0.25) is 5.02 Å². The van der Waals surface area contributed by atoms with Gasteiger partial charge in [0, 0.05) is 26.4 Å². The number of nitrogens with zero attached hydrogens (tertiary/aromatic N) is 1. The highest BCUT2D eigenvalue weighted by molar-refractivity contribution is 7.90. The molecule has 5 rings (SSSR count). The predicted octanol–water partition coefficient (Wildman–Crippen LogP) is 4.71. The van der Waals surface area contributed by atoms with Gasteiger partial charge in [-0.1, -0.05) is 29.8 Å². The summed E-state index contributed by atoms with van der Waals surface area (Å²) in [6.45, 7) is 1.07. The number of nitrogen functional groups attached to an aromatic ring is 1. The highest BCUT2D eigenvalue weighted by Crippen LogP contribution is 2.42. The summed E-state index contributed by atoms with van der Waals surface area (Å²) in [4.78, 5) is 5.12. The van der Waals surface area contributed by atoms with Gasteiger partial charge in [-0.2, -0.15) is 0 Å². The van der Waals surface area contributed by atoms with Crippen molar-refractivity contribution in [3.05, 3.63) is 81.6 Å². The molecule has 0 amide bonds. The van der Waals surface area contributed by atoms with Crippen LogP contribution in [0.3, 0.4) is 0 Å². The minimum atomic E-state index is -3.65. The molecule has 0 radical (unpaired) electrons. The normalized spacial score (nSPS) is 16.6. The summed E-state index contributed by atoms with van der Waals surface area (Å²) in [6, 6.07) is 12.5. The minimum absolute atomic E-state index is 0.0634. The summed E-state index contributed by atoms with van der Waals surface area (Å²) in [5.74, 6) is -0.680. The van der Waals surface area contributed by atoms with Crippen LogP contribution in [-0.2, 0) is 15.6 Å². The van der Waals surface area contributed by atoms with Gasteiger partial charge >= 0.3 is 0 Å². The number of benzene rings is 2. The number of nitrogens with one attached hydrogen (secondary N) is 1. The molecule has 2 heterocycles. The monoisotopic (exact) mass is 561 g/mol. The Hall–Kier alpha value is -2.60. The number of pyridine rings is 1. The second-order valence-corrected chi connectivity index (χ2v) is 12.9. The fourth-order valence-electron chi connectivity index (χ4n) is 4.15. The molecule has 2 atom stereocenters. The van der Waals surface area contributed by atoms with Crippen LogP contribution in [0, 0.1) is 5.82 Å². The molecule has 7 nitrogen and oxygen atoms in total. The van der Waals surface area contributed by atoms with Crippen LogP contribution < -0.4 is 10.5 Å². The number of aromatic nitrogens is 1. The van der Waals surface area contributed by atoms with E-state index >= 15 is 0 Å². The molecule has 11 heteroatoms. The van der Waals surface area contributed by atoms with E-state index in [2.05, 4.69) is 9.71 Å². The summed E-state index contributed by atoms with van der Waals surface area (Å²) >= 11 is 7.75. The Morgan fingerprint density at radius 3 is 2.73 bits per heavy atom. The molecule has 2 aromatic heterocycles. The minimum Gasteiger partial charge on any atom is -0.396 e. The Labute approximate surface area is 222 Å². The lowest BCUT2D eigenvalue weighted by Gasteiger charge is -2.21. The molecule has 0 bridgehead atoms. The quantitative estimate of drug-likeness (QED) is 0.231. The highest BCUT2D eigenvalue weighted by atomic mass is 35.5. The molecule has 0 aliphatic heterocycles. The Morgan fingerprint density at radius 2 is 2.03 bits per heavy atom. The first-order valence-electron chi connectivity index (χ1n) is 11.6. The van der Waals surface area contributed by atoms with Crippen LogP contribution in [-0.4, -0.2) is 35.5 Å². The number of aliphatic hydroxyl groups is 2. The number of sulfonamides is 1. The number of hydrogen-bond acceptors (Lipinski definition) is 7. The van der Waals surface area contributed by atoms with Crippen LogP contribution >= 0.6 is 22.9 Å². The average Bonchev–Trinajstić information content (AvgIpc) is 3.65. The molecule has 1 aliphatic carbocycles. The smallest absolute Gasteiger partial charge is 0.215 e. The topological polar surface area (TPSA) is 126 Å². The Balaban J connectivity index is 1.65. The number of thiophene rings is 1. The first kappa shape index (κ1) is 26.0. The first-order chi connectivity index (χ1) is 17.5. The average molecular weight is 562 g/mol. The molecule has 194 valence electrons. The molecular formula is C26H25ClFN3O4S2. The lowest BCUT2D eigenvalue weighted by Crippen LogP contribution is -2.32. The van der Waals surface area contributed by atoms with E-state index in [1.807, 2.05) is 24.3 Å². The van der Waals surface area contributed by atoms with Crippen molar-refractivity contribution in [2.75, 3.05) is 12.3 Å². The summed E-state index contributed by atoms with van der Waals surface area (Å²) in [5, 5.41) is 20.5. The van der Waals surface area contributed by atoms with Gasteiger partial charge in [0.2, 0.25) is 10.0 Å². The summed E-state index contributed by atoms with van der Waals surface area (Å²) in [5.41, 5.74) is 6.49. The number of aliphatic hydroxyl groups excluding tert-OH is 1. The standard InChI is InChI=1S/C26H25ClFN3O4S2/c1-26(33,13-32)15-7-8-30-22(10-15)17-4-2-3-14-9-23(36-25(14)17)24(31-37(34,35)16-5-6-16)18-11-21(29)20(28)12-19(18)27/h2-4,7-12,16,24,31-33H,5-6,13,29H2,1H3. The number of anilines is 1. The molecule has 1 aliphatic rings. The van der Waals surface area contributed by atoms with Crippen molar-refractivity contribution in [2.24, 2.45) is 0 Å². The molecule has 37 heavy (non-hydrogen) atoms. The lowest BCUT2D eigenvalue weighted by molar-refractivity contribution is -0.00230. The van der Waals surface area contributed by atoms with Crippen molar-refractivity contribution in [3.63, 3.8) is 0 Å². The third kappa shape index (κ3) is 5.09.